The molecule has 0 saturated carbocycles. The van der Waals surface area contributed by atoms with Crippen LogP contribution < -0.4 is 0 Å². The quantitative estimate of drug-likeness (QED) is 0.496. The molecular weight excluding hydrogens is 168 g/mol. The van der Waals surface area contributed by atoms with Gasteiger partial charge in [0.2, 0.25) is 0 Å². The highest BCUT2D eigenvalue weighted by Gasteiger charge is 2.36. The van der Waals surface area contributed by atoms with Crippen LogP contribution in [0.25, 0.3) is 0 Å². The Balaban J connectivity index is 4.45. The number of ether oxygens (including phenoxy) is 1. The minimum atomic E-state index is -1.00. The van der Waals surface area contributed by atoms with Crippen LogP contribution in [0.4, 0.5) is 0 Å². The molecule has 0 atom stereocenters. The van der Waals surface area contributed by atoms with Crippen LogP contribution in [0.15, 0.2) is 0 Å². The fraction of sp³-hybridized carbons (Fsp3) is 0.800. The van der Waals surface area contributed by atoms with E-state index in [1.54, 1.807) is 13.8 Å². The molecule has 0 aromatic rings. The largest absolute Gasteiger partial charge is 0.468 e. The van der Waals surface area contributed by atoms with Crippen molar-refractivity contribution in [3.63, 3.8) is 0 Å². The maximum absolute atomic E-state index is 11.6. The van der Waals surface area contributed by atoms with Gasteiger partial charge < -0.3 is 4.74 Å². The lowest BCUT2D eigenvalue weighted by Crippen LogP contribution is -2.35. The Bertz CT molecular complexity index is 204. The fourth-order valence-electron chi connectivity index (χ4n) is 0.995. The zero-order valence-electron chi connectivity index (χ0n) is 9.01. The van der Waals surface area contributed by atoms with Crippen molar-refractivity contribution in [3.8, 4) is 0 Å². The molecule has 0 unspecified atom stereocenters. The first-order chi connectivity index (χ1) is 5.82. The molecule has 0 rings (SSSR count). The van der Waals surface area contributed by atoms with E-state index in [1.165, 1.54) is 7.11 Å². The van der Waals surface area contributed by atoms with Crippen LogP contribution in [0.5, 0.6) is 0 Å². The SMILES string of the molecule is COC(=O)C(C)(C)C(=O)CC(C)C. The molecule has 0 aliphatic rings. The molecule has 76 valence electrons. The summed E-state index contributed by atoms with van der Waals surface area (Å²) >= 11 is 0. The first-order valence-electron chi connectivity index (χ1n) is 4.44. The first kappa shape index (κ1) is 12.1. The van der Waals surface area contributed by atoms with Gasteiger partial charge in [0, 0.05) is 6.42 Å². The fourth-order valence-corrected chi connectivity index (χ4v) is 0.995. The van der Waals surface area contributed by atoms with E-state index in [0.29, 0.717) is 6.42 Å². The average Bonchev–Trinajstić information content (AvgIpc) is 2.01. The Hall–Kier alpha value is -0.860. The van der Waals surface area contributed by atoms with E-state index in [2.05, 4.69) is 4.74 Å². The summed E-state index contributed by atoms with van der Waals surface area (Å²) in [5, 5.41) is 0. The van der Waals surface area contributed by atoms with Gasteiger partial charge in [0.1, 0.15) is 11.2 Å². The minimum Gasteiger partial charge on any atom is -0.468 e. The van der Waals surface area contributed by atoms with Crippen LogP contribution in [0, 0.1) is 11.3 Å². The van der Waals surface area contributed by atoms with Crippen molar-refractivity contribution < 1.29 is 14.3 Å². The molecule has 0 bridgehead atoms. The third-order valence-corrected chi connectivity index (χ3v) is 1.99. The second-order valence-corrected chi connectivity index (χ2v) is 4.14. The van der Waals surface area contributed by atoms with E-state index >= 15 is 0 Å². The van der Waals surface area contributed by atoms with Crippen LogP contribution >= 0.6 is 0 Å². The van der Waals surface area contributed by atoms with Crippen molar-refractivity contribution in [2.24, 2.45) is 11.3 Å². The Kier molecular flexibility index (Phi) is 4.11. The van der Waals surface area contributed by atoms with E-state index in [4.69, 9.17) is 0 Å². The maximum atomic E-state index is 11.6. The number of Topliss-reactive ketones (excluding diaryl/α,β-unsaturated/α-hetero) is 1. The maximum Gasteiger partial charge on any atom is 0.318 e. The number of ketones is 1. The van der Waals surface area contributed by atoms with Crippen LogP contribution in [-0.2, 0) is 14.3 Å². The lowest BCUT2D eigenvalue weighted by molar-refractivity contribution is -0.155. The molecule has 0 aliphatic heterocycles. The van der Waals surface area contributed by atoms with Gasteiger partial charge in [0.25, 0.3) is 0 Å². The summed E-state index contributed by atoms with van der Waals surface area (Å²) < 4.78 is 4.56. The second kappa shape index (κ2) is 4.40. The third kappa shape index (κ3) is 3.17. The molecule has 13 heavy (non-hydrogen) atoms. The Morgan fingerprint density at radius 2 is 1.77 bits per heavy atom. The van der Waals surface area contributed by atoms with Crippen LogP contribution in [0.1, 0.15) is 34.1 Å². The standard InChI is InChI=1S/C10H18O3/c1-7(2)6-8(11)10(3,4)9(12)13-5/h7H,6H2,1-5H3. The lowest BCUT2D eigenvalue weighted by atomic mass is 9.84. The van der Waals surface area contributed by atoms with Crippen LogP contribution in [0.2, 0.25) is 0 Å². The average molecular weight is 186 g/mol. The summed E-state index contributed by atoms with van der Waals surface area (Å²) in [5.74, 6) is -0.246. The molecule has 0 N–H and O–H groups in total. The smallest absolute Gasteiger partial charge is 0.318 e. The summed E-state index contributed by atoms with van der Waals surface area (Å²) in [6, 6.07) is 0. The molecule has 0 fully saturated rings. The highest BCUT2D eigenvalue weighted by Crippen LogP contribution is 2.22. The van der Waals surface area contributed by atoms with Crippen molar-refractivity contribution in [2.75, 3.05) is 7.11 Å². The topological polar surface area (TPSA) is 43.4 Å². The van der Waals surface area contributed by atoms with Crippen molar-refractivity contribution in [1.29, 1.82) is 0 Å². The molecule has 0 saturated heterocycles. The van der Waals surface area contributed by atoms with E-state index in [-0.39, 0.29) is 11.7 Å². The highest BCUT2D eigenvalue weighted by atomic mass is 16.5. The van der Waals surface area contributed by atoms with Crippen LogP contribution in [-0.4, -0.2) is 18.9 Å². The predicted molar refractivity (Wildman–Crippen MR) is 50.3 cm³/mol. The summed E-state index contributed by atoms with van der Waals surface area (Å²) in [5.41, 5.74) is -1.00. The molecule has 0 radical (unpaired) electrons. The van der Waals surface area contributed by atoms with Crippen molar-refractivity contribution in [1.82, 2.24) is 0 Å². The van der Waals surface area contributed by atoms with Crippen LogP contribution in [0.3, 0.4) is 0 Å². The number of rotatable bonds is 4. The summed E-state index contributed by atoms with van der Waals surface area (Å²) in [4.78, 5) is 22.8. The predicted octanol–water partition coefficient (Wildman–Crippen LogP) is 1.80. The lowest BCUT2D eigenvalue weighted by Gasteiger charge is -2.20. The summed E-state index contributed by atoms with van der Waals surface area (Å²) in [6.07, 6.45) is 0.419. The van der Waals surface area contributed by atoms with Crippen molar-refractivity contribution >= 4 is 11.8 Å². The number of hydrogen-bond donors (Lipinski definition) is 0. The number of esters is 1. The summed E-state index contributed by atoms with van der Waals surface area (Å²) in [6.45, 7) is 7.10. The zero-order valence-corrected chi connectivity index (χ0v) is 9.01. The van der Waals surface area contributed by atoms with E-state index in [9.17, 15) is 9.59 Å². The van der Waals surface area contributed by atoms with Crippen molar-refractivity contribution in [2.45, 2.75) is 34.1 Å². The molecule has 3 nitrogen and oxygen atoms in total. The van der Waals surface area contributed by atoms with Gasteiger partial charge in [-0.15, -0.1) is 0 Å². The third-order valence-electron chi connectivity index (χ3n) is 1.99. The zero-order chi connectivity index (χ0) is 10.6. The Morgan fingerprint density at radius 3 is 2.08 bits per heavy atom. The molecule has 0 heterocycles. The van der Waals surface area contributed by atoms with Gasteiger partial charge in [-0.3, -0.25) is 9.59 Å². The molecule has 0 aromatic heterocycles. The minimum absolute atomic E-state index is 0.0608. The number of methoxy groups -OCH3 is 1. The Morgan fingerprint density at radius 1 is 1.31 bits per heavy atom. The molecular formula is C10H18O3. The molecule has 0 aliphatic carbocycles. The van der Waals surface area contributed by atoms with Gasteiger partial charge in [-0.25, -0.2) is 0 Å². The van der Waals surface area contributed by atoms with E-state index in [1.807, 2.05) is 13.8 Å². The van der Waals surface area contributed by atoms with Gasteiger partial charge in [-0.05, 0) is 19.8 Å². The summed E-state index contributed by atoms with van der Waals surface area (Å²) in [7, 11) is 1.30. The van der Waals surface area contributed by atoms with E-state index < -0.39 is 11.4 Å². The molecule has 0 aromatic carbocycles. The molecule has 3 heteroatoms. The van der Waals surface area contributed by atoms with Gasteiger partial charge >= 0.3 is 5.97 Å². The molecule has 0 spiro atoms. The number of hydrogen-bond acceptors (Lipinski definition) is 3. The Labute approximate surface area is 79.5 Å². The van der Waals surface area contributed by atoms with Gasteiger partial charge in [-0.2, -0.15) is 0 Å². The number of carbonyl (C=O) groups is 2. The van der Waals surface area contributed by atoms with Gasteiger partial charge in [0.15, 0.2) is 0 Å². The van der Waals surface area contributed by atoms with Crippen molar-refractivity contribution in [3.05, 3.63) is 0 Å². The second-order valence-electron chi connectivity index (χ2n) is 4.14. The van der Waals surface area contributed by atoms with Gasteiger partial charge in [-0.1, -0.05) is 13.8 Å². The molecule has 0 amide bonds. The number of carbonyl (C=O) groups excluding carboxylic acids is 2. The van der Waals surface area contributed by atoms with Gasteiger partial charge in [0.05, 0.1) is 7.11 Å². The highest BCUT2D eigenvalue weighted by molar-refractivity contribution is 6.02. The monoisotopic (exact) mass is 186 g/mol. The normalized spacial score (nSPS) is 11.5. The first-order valence-corrected chi connectivity index (χ1v) is 4.44. The van der Waals surface area contributed by atoms with E-state index in [0.717, 1.165) is 0 Å².